The largest absolute Gasteiger partial charge is 0.494 e. The molecule has 2 amide bonds. The fourth-order valence-electron chi connectivity index (χ4n) is 2.89. The Bertz CT molecular complexity index is 573. The van der Waals surface area contributed by atoms with Gasteiger partial charge in [0.2, 0.25) is 11.8 Å². The van der Waals surface area contributed by atoms with Crippen molar-refractivity contribution in [1.29, 1.82) is 0 Å². The number of methoxy groups -OCH3 is 1. The lowest BCUT2D eigenvalue weighted by atomic mass is 9.97. The number of likely N-dealkylation sites (tertiary alicyclic amines) is 1. The van der Waals surface area contributed by atoms with Crippen molar-refractivity contribution in [3.8, 4) is 5.75 Å². The number of benzene rings is 1. The minimum Gasteiger partial charge on any atom is -0.494 e. The van der Waals surface area contributed by atoms with E-state index < -0.39 is 5.54 Å². The first kappa shape index (κ1) is 18.3. The Morgan fingerprint density at radius 1 is 1.33 bits per heavy atom. The molecule has 132 valence electrons. The highest BCUT2D eigenvalue weighted by atomic mass is 16.5. The third-order valence-electron chi connectivity index (χ3n) is 4.38. The number of nitrogens with one attached hydrogen (secondary N) is 1. The standard InChI is InChI=1S/C18H26N2O4/c1-4-24-15-7-5-14(6-8-15)13-20-16(21)9-10-18(20,2)17(22)19-11-12-23-3/h5-8H,4,9-13H2,1-3H3,(H,19,22)/t18-/m0/s1. The van der Waals surface area contributed by atoms with E-state index in [2.05, 4.69) is 5.32 Å². The van der Waals surface area contributed by atoms with Crippen LogP contribution in [0.3, 0.4) is 0 Å². The third-order valence-corrected chi connectivity index (χ3v) is 4.38. The van der Waals surface area contributed by atoms with E-state index in [1.54, 1.807) is 12.0 Å². The second-order valence-corrected chi connectivity index (χ2v) is 6.08. The second-order valence-electron chi connectivity index (χ2n) is 6.08. The lowest BCUT2D eigenvalue weighted by Crippen LogP contribution is -2.54. The van der Waals surface area contributed by atoms with E-state index >= 15 is 0 Å². The molecule has 0 unspecified atom stereocenters. The molecule has 1 fully saturated rings. The summed E-state index contributed by atoms with van der Waals surface area (Å²) in [5, 5.41) is 2.85. The topological polar surface area (TPSA) is 67.9 Å². The van der Waals surface area contributed by atoms with Gasteiger partial charge in [-0.3, -0.25) is 9.59 Å². The summed E-state index contributed by atoms with van der Waals surface area (Å²) in [5.74, 6) is 0.679. The second kappa shape index (κ2) is 8.15. The number of ether oxygens (including phenoxy) is 2. The van der Waals surface area contributed by atoms with Gasteiger partial charge in [0.05, 0.1) is 13.2 Å². The monoisotopic (exact) mass is 334 g/mol. The van der Waals surface area contributed by atoms with Gasteiger partial charge in [0.1, 0.15) is 11.3 Å². The normalized spacial score (nSPS) is 20.3. The lowest BCUT2D eigenvalue weighted by Gasteiger charge is -2.34. The van der Waals surface area contributed by atoms with Crippen LogP contribution in [0.5, 0.6) is 5.75 Å². The van der Waals surface area contributed by atoms with Crippen LogP contribution in [-0.2, 0) is 20.9 Å². The Morgan fingerprint density at radius 3 is 2.67 bits per heavy atom. The average molecular weight is 334 g/mol. The average Bonchev–Trinajstić information content (AvgIpc) is 2.86. The molecule has 1 aliphatic rings. The predicted molar refractivity (Wildman–Crippen MR) is 90.7 cm³/mol. The zero-order valence-electron chi connectivity index (χ0n) is 14.6. The fourth-order valence-corrected chi connectivity index (χ4v) is 2.89. The van der Waals surface area contributed by atoms with Crippen LogP contribution >= 0.6 is 0 Å². The van der Waals surface area contributed by atoms with Crippen LogP contribution in [0, 0.1) is 0 Å². The number of nitrogens with zero attached hydrogens (tertiary/aromatic N) is 1. The van der Waals surface area contributed by atoms with Crippen molar-refractivity contribution in [1.82, 2.24) is 10.2 Å². The molecule has 0 aromatic heterocycles. The molecule has 6 heteroatoms. The quantitative estimate of drug-likeness (QED) is 0.735. The summed E-state index contributed by atoms with van der Waals surface area (Å²) in [5.41, 5.74) is 0.160. The van der Waals surface area contributed by atoms with Gasteiger partial charge in [0.25, 0.3) is 0 Å². The van der Waals surface area contributed by atoms with E-state index in [1.807, 2.05) is 38.1 Å². The van der Waals surface area contributed by atoms with Crippen molar-refractivity contribution in [2.75, 3.05) is 26.9 Å². The summed E-state index contributed by atoms with van der Waals surface area (Å²) in [6.07, 6.45) is 0.924. The van der Waals surface area contributed by atoms with Gasteiger partial charge >= 0.3 is 0 Å². The zero-order valence-corrected chi connectivity index (χ0v) is 14.6. The maximum absolute atomic E-state index is 12.5. The van der Waals surface area contributed by atoms with Crippen molar-refractivity contribution >= 4 is 11.8 Å². The van der Waals surface area contributed by atoms with E-state index in [1.165, 1.54) is 0 Å². The SMILES string of the molecule is CCOc1ccc(CN2C(=O)CC[C@@]2(C)C(=O)NCCOC)cc1. The molecular weight excluding hydrogens is 308 g/mol. The molecule has 1 heterocycles. The van der Waals surface area contributed by atoms with Gasteiger partial charge < -0.3 is 19.7 Å². The van der Waals surface area contributed by atoms with Gasteiger partial charge in [0.15, 0.2) is 0 Å². The van der Waals surface area contributed by atoms with Crippen molar-refractivity contribution in [3.05, 3.63) is 29.8 Å². The van der Waals surface area contributed by atoms with Crippen LogP contribution in [0.25, 0.3) is 0 Å². The first-order valence-electron chi connectivity index (χ1n) is 8.30. The summed E-state index contributed by atoms with van der Waals surface area (Å²) in [4.78, 5) is 26.5. The molecular formula is C18H26N2O4. The first-order chi connectivity index (χ1) is 11.5. The highest BCUT2D eigenvalue weighted by Gasteiger charge is 2.46. The Kier molecular flexibility index (Phi) is 6.20. The highest BCUT2D eigenvalue weighted by Crippen LogP contribution is 2.32. The van der Waals surface area contributed by atoms with Gasteiger partial charge in [-0.2, -0.15) is 0 Å². The molecule has 1 saturated heterocycles. The molecule has 1 aliphatic heterocycles. The summed E-state index contributed by atoms with van der Waals surface area (Å²) in [7, 11) is 1.59. The van der Waals surface area contributed by atoms with Crippen molar-refractivity contribution < 1.29 is 19.1 Å². The van der Waals surface area contributed by atoms with E-state index in [4.69, 9.17) is 9.47 Å². The molecule has 1 N–H and O–H groups in total. The molecule has 6 nitrogen and oxygen atoms in total. The number of rotatable bonds is 8. The number of hydrogen-bond donors (Lipinski definition) is 1. The van der Waals surface area contributed by atoms with Crippen LogP contribution in [0.4, 0.5) is 0 Å². The minimum absolute atomic E-state index is 0.00766. The van der Waals surface area contributed by atoms with Crippen molar-refractivity contribution in [2.24, 2.45) is 0 Å². The van der Waals surface area contributed by atoms with Crippen LogP contribution in [0.15, 0.2) is 24.3 Å². The minimum atomic E-state index is -0.816. The van der Waals surface area contributed by atoms with Gasteiger partial charge in [0, 0.05) is 26.6 Å². The molecule has 1 atom stereocenters. The fraction of sp³-hybridized carbons (Fsp3) is 0.556. The molecule has 0 aliphatic carbocycles. The Balaban J connectivity index is 2.07. The molecule has 2 rings (SSSR count). The van der Waals surface area contributed by atoms with Gasteiger partial charge in [-0.05, 0) is 38.0 Å². The van der Waals surface area contributed by atoms with Gasteiger partial charge in [-0.15, -0.1) is 0 Å². The maximum Gasteiger partial charge on any atom is 0.245 e. The number of carbonyl (C=O) groups excluding carboxylic acids is 2. The highest BCUT2D eigenvalue weighted by molar-refractivity contribution is 5.94. The Labute approximate surface area is 143 Å². The first-order valence-corrected chi connectivity index (χ1v) is 8.30. The van der Waals surface area contributed by atoms with E-state index in [0.29, 0.717) is 39.1 Å². The molecule has 0 bridgehead atoms. The van der Waals surface area contributed by atoms with Crippen LogP contribution < -0.4 is 10.1 Å². The van der Waals surface area contributed by atoms with E-state index in [9.17, 15) is 9.59 Å². The molecule has 0 radical (unpaired) electrons. The molecule has 1 aromatic rings. The third kappa shape index (κ3) is 4.06. The molecule has 0 saturated carbocycles. The van der Waals surface area contributed by atoms with E-state index in [-0.39, 0.29) is 11.8 Å². The van der Waals surface area contributed by atoms with Gasteiger partial charge in [-0.25, -0.2) is 0 Å². The van der Waals surface area contributed by atoms with Crippen molar-refractivity contribution in [2.45, 2.75) is 38.8 Å². The summed E-state index contributed by atoms with van der Waals surface area (Å²) in [6, 6.07) is 7.63. The smallest absolute Gasteiger partial charge is 0.245 e. The number of amides is 2. The summed E-state index contributed by atoms with van der Waals surface area (Å²) in [6.45, 7) is 5.69. The zero-order chi connectivity index (χ0) is 17.6. The summed E-state index contributed by atoms with van der Waals surface area (Å²) < 4.78 is 10.4. The van der Waals surface area contributed by atoms with E-state index in [0.717, 1.165) is 11.3 Å². The maximum atomic E-state index is 12.5. The Hall–Kier alpha value is -2.08. The summed E-state index contributed by atoms with van der Waals surface area (Å²) >= 11 is 0. The van der Waals surface area contributed by atoms with Gasteiger partial charge in [-0.1, -0.05) is 12.1 Å². The number of carbonyl (C=O) groups is 2. The predicted octanol–water partition coefficient (Wildman–Crippen LogP) is 1.73. The molecule has 24 heavy (non-hydrogen) atoms. The lowest BCUT2D eigenvalue weighted by molar-refractivity contribution is -0.141. The van der Waals surface area contributed by atoms with Crippen molar-refractivity contribution in [3.63, 3.8) is 0 Å². The molecule has 0 spiro atoms. The van der Waals surface area contributed by atoms with Crippen LogP contribution in [0.1, 0.15) is 32.3 Å². The molecule has 1 aromatic carbocycles. The van der Waals surface area contributed by atoms with Crippen LogP contribution in [-0.4, -0.2) is 49.1 Å². The number of hydrogen-bond acceptors (Lipinski definition) is 4. The Morgan fingerprint density at radius 2 is 2.04 bits per heavy atom. The van der Waals surface area contributed by atoms with Crippen LogP contribution in [0.2, 0.25) is 0 Å².